The number of amides is 2. The molecular weight excluding hydrogens is 330 g/mol. The first-order chi connectivity index (χ1) is 12.0. The van der Waals surface area contributed by atoms with Crippen LogP contribution in [-0.4, -0.2) is 35.0 Å². The average Bonchev–Trinajstić information content (AvgIpc) is 3.12. The van der Waals surface area contributed by atoms with Gasteiger partial charge in [0.25, 0.3) is 17.5 Å². The first-order valence-electron chi connectivity index (χ1n) is 7.21. The van der Waals surface area contributed by atoms with Crippen molar-refractivity contribution in [3.8, 4) is 0 Å². The van der Waals surface area contributed by atoms with Crippen LogP contribution in [0.2, 0.25) is 0 Å². The number of nitrogens with one attached hydrogen (secondary N) is 2. The van der Waals surface area contributed by atoms with Gasteiger partial charge in [0.05, 0.1) is 17.8 Å². The molecule has 0 atom stereocenters. The van der Waals surface area contributed by atoms with E-state index in [0.29, 0.717) is 5.76 Å². The fourth-order valence-corrected chi connectivity index (χ4v) is 1.87. The molecule has 0 unspecified atom stereocenters. The van der Waals surface area contributed by atoms with E-state index in [1.165, 1.54) is 36.6 Å². The Hall–Kier alpha value is -3.46. The molecule has 2 aromatic rings. The third kappa shape index (κ3) is 5.01. The van der Waals surface area contributed by atoms with E-state index in [-0.39, 0.29) is 30.1 Å². The van der Waals surface area contributed by atoms with Gasteiger partial charge in [-0.05, 0) is 24.3 Å². The second kappa shape index (κ2) is 8.41. The minimum absolute atomic E-state index is 0.0156. The maximum atomic E-state index is 12.3. The highest BCUT2D eigenvalue weighted by atomic mass is 16.6. The quantitative estimate of drug-likeness (QED) is 0.390. The summed E-state index contributed by atoms with van der Waals surface area (Å²) in [6.45, 7) is -0.238. The Labute approximate surface area is 142 Å². The van der Waals surface area contributed by atoms with Crippen LogP contribution in [0.1, 0.15) is 16.1 Å². The summed E-state index contributed by atoms with van der Waals surface area (Å²) in [5, 5.41) is 24.3. The Kier molecular flexibility index (Phi) is 6.02. The van der Waals surface area contributed by atoms with E-state index in [0.717, 1.165) is 0 Å². The third-order valence-corrected chi connectivity index (χ3v) is 3.06. The number of nitro groups is 1. The molecule has 130 valence electrons. The Morgan fingerprint density at radius 1 is 1.24 bits per heavy atom. The summed E-state index contributed by atoms with van der Waals surface area (Å²) in [4.78, 5) is 34.4. The minimum atomic E-state index is -0.619. The monoisotopic (exact) mass is 345 g/mol. The number of benzene rings is 1. The number of carbonyl (C=O) groups is 2. The van der Waals surface area contributed by atoms with Crippen molar-refractivity contribution in [1.82, 2.24) is 10.6 Å². The molecule has 0 aliphatic heterocycles. The molecule has 0 spiro atoms. The topological polar surface area (TPSA) is 135 Å². The SMILES string of the molecule is O=C(NCCO)/C(=C\c1ccco1)NC(=O)c1ccc([N+](=O)[O-])cc1. The zero-order valence-electron chi connectivity index (χ0n) is 13.0. The van der Waals surface area contributed by atoms with Gasteiger partial charge in [-0.2, -0.15) is 0 Å². The lowest BCUT2D eigenvalue weighted by atomic mass is 10.2. The summed E-state index contributed by atoms with van der Waals surface area (Å²) in [6, 6.07) is 8.16. The van der Waals surface area contributed by atoms with E-state index in [2.05, 4.69) is 10.6 Å². The Bertz CT molecular complexity index is 781. The van der Waals surface area contributed by atoms with Crippen molar-refractivity contribution in [3.05, 3.63) is 69.8 Å². The van der Waals surface area contributed by atoms with Gasteiger partial charge in [-0.15, -0.1) is 0 Å². The lowest BCUT2D eigenvalue weighted by Crippen LogP contribution is -2.36. The van der Waals surface area contributed by atoms with Crippen molar-refractivity contribution < 1.29 is 24.0 Å². The number of hydrogen-bond donors (Lipinski definition) is 3. The number of hydrogen-bond acceptors (Lipinski definition) is 6. The fraction of sp³-hybridized carbons (Fsp3) is 0.125. The maximum Gasteiger partial charge on any atom is 0.269 e. The summed E-state index contributed by atoms with van der Waals surface area (Å²) in [5.41, 5.74) is -0.0961. The number of nitro benzene ring substituents is 1. The van der Waals surface area contributed by atoms with Crippen molar-refractivity contribution >= 4 is 23.6 Å². The molecule has 9 heteroatoms. The first-order valence-corrected chi connectivity index (χ1v) is 7.21. The number of nitrogens with zero attached hydrogens (tertiary/aromatic N) is 1. The molecule has 1 aromatic carbocycles. The smallest absolute Gasteiger partial charge is 0.269 e. The lowest BCUT2D eigenvalue weighted by Gasteiger charge is -2.10. The zero-order valence-corrected chi connectivity index (χ0v) is 13.0. The molecule has 2 rings (SSSR count). The second-order valence-corrected chi connectivity index (χ2v) is 4.81. The molecule has 0 radical (unpaired) electrons. The van der Waals surface area contributed by atoms with E-state index < -0.39 is 16.7 Å². The van der Waals surface area contributed by atoms with E-state index in [1.807, 2.05) is 0 Å². The molecule has 25 heavy (non-hydrogen) atoms. The standard InChI is InChI=1S/C16H15N3O6/c20-8-7-17-16(22)14(10-13-2-1-9-25-13)18-15(21)11-3-5-12(6-4-11)19(23)24/h1-6,9-10,20H,7-8H2,(H,17,22)(H,18,21)/b14-10+. The third-order valence-electron chi connectivity index (χ3n) is 3.06. The molecule has 1 aromatic heterocycles. The van der Waals surface area contributed by atoms with Gasteiger partial charge in [0.2, 0.25) is 0 Å². The fourth-order valence-electron chi connectivity index (χ4n) is 1.87. The van der Waals surface area contributed by atoms with Gasteiger partial charge in [0, 0.05) is 30.3 Å². The largest absolute Gasteiger partial charge is 0.465 e. The second-order valence-electron chi connectivity index (χ2n) is 4.81. The first kappa shape index (κ1) is 17.9. The van der Waals surface area contributed by atoms with Crippen LogP contribution in [0.15, 0.2) is 52.8 Å². The van der Waals surface area contributed by atoms with Crippen LogP contribution < -0.4 is 10.6 Å². The molecule has 3 N–H and O–H groups in total. The van der Waals surface area contributed by atoms with Crippen molar-refractivity contribution in [1.29, 1.82) is 0 Å². The highest BCUT2D eigenvalue weighted by molar-refractivity contribution is 6.05. The molecule has 0 aliphatic rings. The maximum absolute atomic E-state index is 12.3. The van der Waals surface area contributed by atoms with Crippen LogP contribution in [0.3, 0.4) is 0 Å². The predicted molar refractivity (Wildman–Crippen MR) is 87.3 cm³/mol. The molecular formula is C16H15N3O6. The highest BCUT2D eigenvalue weighted by Gasteiger charge is 2.16. The Balaban J connectivity index is 2.18. The lowest BCUT2D eigenvalue weighted by molar-refractivity contribution is -0.384. The average molecular weight is 345 g/mol. The number of rotatable bonds is 7. The summed E-state index contributed by atoms with van der Waals surface area (Å²) in [5.74, 6) is -0.884. The molecule has 0 aliphatic carbocycles. The van der Waals surface area contributed by atoms with Gasteiger partial charge in [-0.1, -0.05) is 0 Å². The normalized spacial score (nSPS) is 11.0. The van der Waals surface area contributed by atoms with Gasteiger partial charge in [0.1, 0.15) is 11.5 Å². The molecule has 2 amide bonds. The van der Waals surface area contributed by atoms with Gasteiger partial charge in [-0.25, -0.2) is 0 Å². The van der Waals surface area contributed by atoms with Crippen LogP contribution in [0, 0.1) is 10.1 Å². The van der Waals surface area contributed by atoms with E-state index in [9.17, 15) is 19.7 Å². The van der Waals surface area contributed by atoms with Crippen LogP contribution in [0.5, 0.6) is 0 Å². The van der Waals surface area contributed by atoms with Crippen molar-refractivity contribution in [2.24, 2.45) is 0 Å². The molecule has 0 saturated heterocycles. The molecule has 9 nitrogen and oxygen atoms in total. The Morgan fingerprint density at radius 3 is 2.52 bits per heavy atom. The highest BCUT2D eigenvalue weighted by Crippen LogP contribution is 2.13. The van der Waals surface area contributed by atoms with Gasteiger partial charge < -0.3 is 20.2 Å². The number of aliphatic hydroxyl groups is 1. The predicted octanol–water partition coefficient (Wildman–Crippen LogP) is 1.07. The van der Waals surface area contributed by atoms with Crippen LogP contribution in [-0.2, 0) is 4.79 Å². The minimum Gasteiger partial charge on any atom is -0.465 e. The zero-order chi connectivity index (χ0) is 18.2. The molecule has 0 fully saturated rings. The summed E-state index contributed by atoms with van der Waals surface area (Å²) in [6.07, 6.45) is 2.74. The van der Waals surface area contributed by atoms with Crippen LogP contribution >= 0.6 is 0 Å². The molecule has 0 bridgehead atoms. The number of aliphatic hydroxyl groups excluding tert-OH is 1. The van der Waals surface area contributed by atoms with Crippen molar-refractivity contribution in [2.75, 3.05) is 13.2 Å². The Morgan fingerprint density at radius 2 is 1.96 bits per heavy atom. The van der Waals surface area contributed by atoms with Crippen LogP contribution in [0.25, 0.3) is 6.08 Å². The number of carbonyl (C=O) groups excluding carboxylic acids is 2. The van der Waals surface area contributed by atoms with Crippen LogP contribution in [0.4, 0.5) is 5.69 Å². The van der Waals surface area contributed by atoms with Gasteiger partial charge in [0.15, 0.2) is 0 Å². The number of furan rings is 1. The molecule has 0 saturated carbocycles. The molecule has 1 heterocycles. The van der Waals surface area contributed by atoms with E-state index >= 15 is 0 Å². The number of non-ortho nitro benzene ring substituents is 1. The summed E-state index contributed by atoms with van der Waals surface area (Å²) in [7, 11) is 0. The summed E-state index contributed by atoms with van der Waals surface area (Å²) < 4.78 is 5.12. The van der Waals surface area contributed by atoms with Crippen molar-refractivity contribution in [2.45, 2.75) is 0 Å². The van der Waals surface area contributed by atoms with E-state index in [4.69, 9.17) is 9.52 Å². The van der Waals surface area contributed by atoms with E-state index in [1.54, 1.807) is 12.1 Å². The summed E-state index contributed by atoms with van der Waals surface area (Å²) >= 11 is 0. The van der Waals surface area contributed by atoms with Crippen molar-refractivity contribution in [3.63, 3.8) is 0 Å². The van der Waals surface area contributed by atoms with Gasteiger partial charge in [-0.3, -0.25) is 19.7 Å². The van der Waals surface area contributed by atoms with Gasteiger partial charge >= 0.3 is 0 Å².